The minimum absolute atomic E-state index is 0.152. The molecule has 3 heterocycles. The highest BCUT2D eigenvalue weighted by Crippen LogP contribution is 2.40. The Kier molecular flexibility index (Phi) is 3.08. The molecule has 1 atom stereocenters. The van der Waals surface area contributed by atoms with E-state index in [1.54, 1.807) is 23.2 Å². The fraction of sp³-hybridized carbons (Fsp3) is 0.143. The quantitative estimate of drug-likeness (QED) is 0.776. The van der Waals surface area contributed by atoms with Gasteiger partial charge in [-0.25, -0.2) is 0 Å². The maximum atomic E-state index is 9.70. The van der Waals surface area contributed by atoms with Gasteiger partial charge >= 0.3 is 0 Å². The second kappa shape index (κ2) is 5.09. The third-order valence-electron chi connectivity index (χ3n) is 3.08. The number of benzene rings is 1. The first-order chi connectivity index (χ1) is 10.3. The van der Waals surface area contributed by atoms with Crippen molar-refractivity contribution in [2.75, 3.05) is 5.75 Å². The lowest BCUT2D eigenvalue weighted by Crippen LogP contribution is -2.16. The van der Waals surface area contributed by atoms with E-state index in [1.165, 1.54) is 11.3 Å². The molecule has 1 aliphatic rings. The summed E-state index contributed by atoms with van der Waals surface area (Å²) in [5.74, 6) is 2.54. The average Bonchev–Trinajstić information content (AvgIpc) is 3.15. The Hall–Kier alpha value is -1.99. The fourth-order valence-corrected chi connectivity index (χ4v) is 3.75. The van der Waals surface area contributed by atoms with E-state index in [9.17, 15) is 5.11 Å². The summed E-state index contributed by atoms with van der Waals surface area (Å²) in [7, 11) is 0. The number of thiophene rings is 1. The lowest BCUT2D eigenvalue weighted by molar-refractivity contribution is 0.205. The normalized spacial score (nSPS) is 17.2. The Balaban J connectivity index is 1.61. The molecular weight excluding hydrogens is 308 g/mol. The van der Waals surface area contributed by atoms with Gasteiger partial charge in [-0.1, -0.05) is 17.3 Å². The number of thioether (sulfide) groups is 1. The van der Waals surface area contributed by atoms with Crippen LogP contribution in [-0.4, -0.2) is 21.0 Å². The fourth-order valence-electron chi connectivity index (χ4n) is 2.07. The van der Waals surface area contributed by atoms with Crippen molar-refractivity contribution in [1.29, 1.82) is 0 Å². The predicted molar refractivity (Wildman–Crippen MR) is 79.8 cm³/mol. The van der Waals surface area contributed by atoms with Gasteiger partial charge in [0.1, 0.15) is 16.4 Å². The molecule has 0 saturated heterocycles. The molecule has 0 amide bonds. The van der Waals surface area contributed by atoms with Gasteiger partial charge in [-0.2, -0.15) is 4.98 Å². The van der Waals surface area contributed by atoms with E-state index < -0.39 is 0 Å². The first-order valence-electron chi connectivity index (χ1n) is 6.30. The molecule has 7 heteroatoms. The molecule has 106 valence electrons. The highest BCUT2D eigenvalue weighted by atomic mass is 32.2. The molecule has 1 aliphatic heterocycles. The Labute approximate surface area is 128 Å². The monoisotopic (exact) mass is 318 g/mol. The van der Waals surface area contributed by atoms with Crippen molar-refractivity contribution in [3.8, 4) is 22.3 Å². The molecule has 5 nitrogen and oxygen atoms in total. The van der Waals surface area contributed by atoms with Crippen molar-refractivity contribution in [2.45, 2.75) is 11.0 Å². The number of aromatic hydroxyl groups is 1. The summed E-state index contributed by atoms with van der Waals surface area (Å²) in [6.07, 6.45) is -0.246. The van der Waals surface area contributed by atoms with Crippen LogP contribution in [0.3, 0.4) is 0 Å². The first-order valence-corrected chi connectivity index (χ1v) is 8.17. The van der Waals surface area contributed by atoms with Crippen LogP contribution in [0.4, 0.5) is 0 Å². The molecular formula is C14H10N2O3S2. The molecule has 2 aromatic heterocycles. The van der Waals surface area contributed by atoms with Crippen LogP contribution in [0.5, 0.6) is 11.5 Å². The Morgan fingerprint density at radius 2 is 2.14 bits per heavy atom. The van der Waals surface area contributed by atoms with Crippen LogP contribution in [0.15, 0.2) is 45.1 Å². The van der Waals surface area contributed by atoms with Gasteiger partial charge in [0.05, 0.1) is 0 Å². The summed E-state index contributed by atoms with van der Waals surface area (Å²) < 4.78 is 11.1. The van der Waals surface area contributed by atoms with E-state index in [0.29, 0.717) is 16.6 Å². The summed E-state index contributed by atoms with van der Waals surface area (Å²) in [5, 5.41) is 15.5. The lowest BCUT2D eigenvalue weighted by Gasteiger charge is -2.22. The molecule has 0 radical (unpaired) electrons. The zero-order chi connectivity index (χ0) is 14.2. The molecule has 0 fully saturated rings. The number of nitrogens with zero attached hydrogens (tertiary/aromatic N) is 2. The summed E-state index contributed by atoms with van der Waals surface area (Å²) in [4.78, 5) is 6.04. The molecule has 0 aliphatic carbocycles. The van der Waals surface area contributed by atoms with Gasteiger partial charge in [0.15, 0.2) is 6.10 Å². The number of aromatic nitrogens is 2. The summed E-state index contributed by atoms with van der Waals surface area (Å²) in [6, 6.07) is 9.49. The smallest absolute Gasteiger partial charge is 0.271 e. The van der Waals surface area contributed by atoms with Crippen LogP contribution in [0.2, 0.25) is 0 Å². The molecule has 1 unspecified atom stereocenters. The van der Waals surface area contributed by atoms with E-state index in [4.69, 9.17) is 9.26 Å². The van der Waals surface area contributed by atoms with E-state index in [0.717, 1.165) is 16.4 Å². The number of ether oxygens (including phenoxy) is 1. The van der Waals surface area contributed by atoms with Crippen molar-refractivity contribution in [3.05, 3.63) is 41.5 Å². The lowest BCUT2D eigenvalue weighted by atomic mass is 10.3. The van der Waals surface area contributed by atoms with Gasteiger partial charge < -0.3 is 14.4 Å². The maximum Gasteiger partial charge on any atom is 0.271 e. The van der Waals surface area contributed by atoms with Crippen molar-refractivity contribution in [3.63, 3.8) is 0 Å². The predicted octanol–water partition coefficient (Wildman–Crippen LogP) is 3.73. The van der Waals surface area contributed by atoms with Gasteiger partial charge in [-0.05, 0) is 23.6 Å². The maximum absolute atomic E-state index is 9.70. The van der Waals surface area contributed by atoms with Crippen LogP contribution in [0.25, 0.3) is 10.8 Å². The second-order valence-electron chi connectivity index (χ2n) is 4.46. The van der Waals surface area contributed by atoms with Crippen LogP contribution in [-0.2, 0) is 0 Å². The van der Waals surface area contributed by atoms with Gasteiger partial charge in [-0.15, -0.1) is 23.1 Å². The van der Waals surface area contributed by atoms with Crippen molar-refractivity contribution >= 4 is 23.1 Å². The molecule has 4 rings (SSSR count). The molecule has 21 heavy (non-hydrogen) atoms. The van der Waals surface area contributed by atoms with Crippen molar-refractivity contribution in [2.24, 2.45) is 0 Å². The summed E-state index contributed by atoms with van der Waals surface area (Å²) in [5.41, 5.74) is 0. The zero-order valence-electron chi connectivity index (χ0n) is 10.7. The minimum Gasteiger partial charge on any atom is -0.506 e. The molecule has 1 N–H and O–H groups in total. The number of fused-ring (bicyclic) bond motifs is 1. The van der Waals surface area contributed by atoms with Crippen LogP contribution < -0.4 is 4.74 Å². The first kappa shape index (κ1) is 12.7. The van der Waals surface area contributed by atoms with E-state index in [-0.39, 0.29) is 11.9 Å². The van der Waals surface area contributed by atoms with Crippen LogP contribution in [0.1, 0.15) is 11.9 Å². The molecule has 1 aromatic carbocycles. The van der Waals surface area contributed by atoms with E-state index in [2.05, 4.69) is 10.1 Å². The highest BCUT2D eigenvalue weighted by molar-refractivity contribution is 7.99. The van der Waals surface area contributed by atoms with Gasteiger partial charge in [0.2, 0.25) is 5.82 Å². The van der Waals surface area contributed by atoms with Gasteiger partial charge in [0.25, 0.3) is 5.89 Å². The highest BCUT2D eigenvalue weighted by Gasteiger charge is 2.27. The minimum atomic E-state index is -0.246. The number of hydrogen-bond donors (Lipinski definition) is 1. The topological polar surface area (TPSA) is 68.4 Å². The Bertz CT molecular complexity index is 784. The summed E-state index contributed by atoms with van der Waals surface area (Å²) >= 11 is 3.07. The van der Waals surface area contributed by atoms with Gasteiger partial charge in [-0.3, -0.25) is 0 Å². The molecule has 0 bridgehead atoms. The van der Waals surface area contributed by atoms with Crippen molar-refractivity contribution < 1.29 is 14.4 Å². The average molecular weight is 318 g/mol. The number of rotatable bonds is 2. The van der Waals surface area contributed by atoms with E-state index in [1.807, 2.05) is 24.3 Å². The number of para-hydroxylation sites is 1. The standard InChI is InChI=1S/C14H10N2O3S2/c17-8-5-6-20-12(8)14-15-13(16-19-14)10-7-21-11-4-2-1-3-9(11)18-10/h1-6,10,17H,7H2. The third kappa shape index (κ3) is 2.28. The molecule has 0 spiro atoms. The Morgan fingerprint density at radius 3 is 3.00 bits per heavy atom. The van der Waals surface area contributed by atoms with Crippen LogP contribution >= 0.6 is 23.1 Å². The van der Waals surface area contributed by atoms with Crippen LogP contribution in [0, 0.1) is 0 Å². The summed E-state index contributed by atoms with van der Waals surface area (Å²) in [6.45, 7) is 0. The zero-order valence-corrected chi connectivity index (χ0v) is 12.4. The second-order valence-corrected chi connectivity index (χ2v) is 6.43. The number of hydrogen-bond acceptors (Lipinski definition) is 7. The Morgan fingerprint density at radius 1 is 1.24 bits per heavy atom. The van der Waals surface area contributed by atoms with E-state index >= 15 is 0 Å². The SMILES string of the molecule is Oc1ccsc1-c1nc(C2CSc3ccccc3O2)no1. The van der Waals surface area contributed by atoms with Gasteiger partial charge in [0, 0.05) is 10.6 Å². The molecule has 0 saturated carbocycles. The van der Waals surface area contributed by atoms with Crippen molar-refractivity contribution in [1.82, 2.24) is 10.1 Å². The third-order valence-corrected chi connectivity index (χ3v) is 5.09. The molecule has 3 aromatic rings. The largest absolute Gasteiger partial charge is 0.506 e.